The summed E-state index contributed by atoms with van der Waals surface area (Å²) in [5.41, 5.74) is 7.27. The molecule has 0 aliphatic carbocycles. The molecule has 1 aromatic carbocycles. The van der Waals surface area contributed by atoms with Crippen LogP contribution in [0.1, 0.15) is 17.3 Å². The Morgan fingerprint density at radius 3 is 2.62 bits per heavy atom. The van der Waals surface area contributed by atoms with Gasteiger partial charge in [0.2, 0.25) is 0 Å². The van der Waals surface area contributed by atoms with Crippen LogP contribution in [0.15, 0.2) is 29.3 Å². The minimum atomic E-state index is -0.445. The third-order valence-electron chi connectivity index (χ3n) is 2.59. The van der Waals surface area contributed by atoms with E-state index in [2.05, 4.69) is 9.89 Å². The van der Waals surface area contributed by atoms with Gasteiger partial charge in [-0.25, -0.2) is 0 Å². The first-order valence-electron chi connectivity index (χ1n) is 5.35. The molecule has 0 bridgehead atoms. The maximum Gasteiger partial charge on any atom is 0.179 e. The molecule has 4 nitrogen and oxygen atoms in total. The number of hydrogen-bond donors (Lipinski definition) is 1. The molecule has 1 heterocycles. The standard InChI is InChI=1S/C12H15N3O/c1-9(13)12(16)10-2-4-11(5-3-10)15-7-6-14-8-15/h2-5,8-9H,6-7,13H2,1H3. The molecule has 16 heavy (non-hydrogen) atoms. The van der Waals surface area contributed by atoms with E-state index >= 15 is 0 Å². The number of hydrogen-bond acceptors (Lipinski definition) is 4. The zero-order valence-corrected chi connectivity index (χ0v) is 9.26. The molecule has 0 spiro atoms. The van der Waals surface area contributed by atoms with E-state index in [4.69, 9.17) is 5.73 Å². The van der Waals surface area contributed by atoms with Gasteiger partial charge in [0.15, 0.2) is 5.78 Å². The molecule has 1 atom stereocenters. The highest BCUT2D eigenvalue weighted by atomic mass is 16.1. The van der Waals surface area contributed by atoms with E-state index in [1.807, 2.05) is 30.6 Å². The summed E-state index contributed by atoms with van der Waals surface area (Å²) in [7, 11) is 0. The highest BCUT2D eigenvalue weighted by Gasteiger charge is 2.12. The number of Topliss-reactive ketones (excluding diaryl/α,β-unsaturated/α-hetero) is 1. The lowest BCUT2D eigenvalue weighted by molar-refractivity contribution is 0.0968. The van der Waals surface area contributed by atoms with Crippen molar-refractivity contribution in [1.82, 2.24) is 0 Å². The Bertz CT molecular complexity index is 409. The van der Waals surface area contributed by atoms with Crippen molar-refractivity contribution >= 4 is 17.8 Å². The fourth-order valence-electron chi connectivity index (χ4n) is 1.66. The number of benzene rings is 1. The number of anilines is 1. The number of nitrogens with two attached hydrogens (primary N) is 1. The summed E-state index contributed by atoms with van der Waals surface area (Å²) in [6.07, 6.45) is 1.82. The fourth-order valence-corrected chi connectivity index (χ4v) is 1.66. The van der Waals surface area contributed by atoms with Gasteiger partial charge in [0.25, 0.3) is 0 Å². The lowest BCUT2D eigenvalue weighted by Crippen LogP contribution is -2.26. The molecule has 1 aromatic rings. The van der Waals surface area contributed by atoms with Gasteiger partial charge in [-0.05, 0) is 31.2 Å². The monoisotopic (exact) mass is 217 g/mol. The van der Waals surface area contributed by atoms with E-state index in [1.165, 1.54) is 0 Å². The Hall–Kier alpha value is -1.68. The number of nitrogens with zero attached hydrogens (tertiary/aromatic N) is 2. The predicted molar refractivity (Wildman–Crippen MR) is 65.1 cm³/mol. The van der Waals surface area contributed by atoms with Crippen LogP contribution in [-0.4, -0.2) is 31.3 Å². The summed E-state index contributed by atoms with van der Waals surface area (Å²) >= 11 is 0. The number of carbonyl (C=O) groups excluding carboxylic acids is 1. The summed E-state index contributed by atoms with van der Waals surface area (Å²) in [6.45, 7) is 3.43. The number of ketones is 1. The Balaban J connectivity index is 2.16. The van der Waals surface area contributed by atoms with Gasteiger partial charge in [-0.2, -0.15) is 0 Å². The van der Waals surface area contributed by atoms with Gasteiger partial charge < -0.3 is 10.6 Å². The minimum absolute atomic E-state index is 0.0263. The van der Waals surface area contributed by atoms with Crippen LogP contribution in [-0.2, 0) is 0 Å². The van der Waals surface area contributed by atoms with E-state index < -0.39 is 6.04 Å². The maximum absolute atomic E-state index is 11.6. The molecular weight excluding hydrogens is 202 g/mol. The molecule has 0 radical (unpaired) electrons. The van der Waals surface area contributed by atoms with Crippen LogP contribution in [0.3, 0.4) is 0 Å². The van der Waals surface area contributed by atoms with Gasteiger partial charge in [0, 0.05) is 17.8 Å². The molecule has 2 N–H and O–H groups in total. The first-order valence-corrected chi connectivity index (χ1v) is 5.35. The summed E-state index contributed by atoms with van der Waals surface area (Å²) in [5, 5.41) is 0. The van der Waals surface area contributed by atoms with Gasteiger partial charge in [-0.3, -0.25) is 9.79 Å². The molecule has 0 saturated carbocycles. The van der Waals surface area contributed by atoms with E-state index in [0.29, 0.717) is 5.56 Å². The zero-order valence-electron chi connectivity index (χ0n) is 9.26. The van der Waals surface area contributed by atoms with Gasteiger partial charge >= 0.3 is 0 Å². The molecule has 1 aliphatic rings. The van der Waals surface area contributed by atoms with E-state index in [0.717, 1.165) is 18.8 Å². The first-order chi connectivity index (χ1) is 7.68. The topological polar surface area (TPSA) is 58.7 Å². The van der Waals surface area contributed by atoms with Crippen LogP contribution in [0.25, 0.3) is 0 Å². The second kappa shape index (κ2) is 4.45. The van der Waals surface area contributed by atoms with Crippen molar-refractivity contribution in [2.75, 3.05) is 18.0 Å². The minimum Gasteiger partial charge on any atom is -0.331 e. The molecule has 1 aliphatic heterocycles. The molecule has 0 aromatic heterocycles. The smallest absolute Gasteiger partial charge is 0.179 e. The summed E-state index contributed by atoms with van der Waals surface area (Å²) in [5.74, 6) is -0.0263. The average Bonchev–Trinajstić information content (AvgIpc) is 2.81. The third kappa shape index (κ3) is 2.12. The van der Waals surface area contributed by atoms with Crippen molar-refractivity contribution < 1.29 is 4.79 Å². The molecular formula is C12H15N3O. The van der Waals surface area contributed by atoms with Crippen LogP contribution in [0.4, 0.5) is 5.69 Å². The summed E-state index contributed by atoms with van der Waals surface area (Å²) in [6, 6.07) is 7.03. The Labute approximate surface area is 94.8 Å². The SMILES string of the molecule is CC(N)C(=O)c1ccc(N2C=NCC2)cc1. The predicted octanol–water partition coefficient (Wildman–Crippen LogP) is 1.06. The van der Waals surface area contributed by atoms with Crippen molar-refractivity contribution in [2.45, 2.75) is 13.0 Å². The van der Waals surface area contributed by atoms with Crippen LogP contribution in [0.5, 0.6) is 0 Å². The number of carbonyl (C=O) groups is 1. The molecule has 0 saturated heterocycles. The van der Waals surface area contributed by atoms with Crippen LogP contribution in [0, 0.1) is 0 Å². The van der Waals surface area contributed by atoms with E-state index in [-0.39, 0.29) is 5.78 Å². The van der Waals surface area contributed by atoms with Crippen molar-refractivity contribution in [3.05, 3.63) is 29.8 Å². The Morgan fingerprint density at radius 2 is 2.12 bits per heavy atom. The molecule has 1 unspecified atom stereocenters. The third-order valence-corrected chi connectivity index (χ3v) is 2.59. The molecule has 0 amide bonds. The van der Waals surface area contributed by atoms with Crippen molar-refractivity contribution in [2.24, 2.45) is 10.7 Å². The van der Waals surface area contributed by atoms with Crippen LogP contribution in [0.2, 0.25) is 0 Å². The molecule has 84 valence electrons. The fraction of sp³-hybridized carbons (Fsp3) is 0.333. The number of rotatable bonds is 3. The number of aliphatic imine (C=N–C) groups is 1. The van der Waals surface area contributed by atoms with Gasteiger partial charge in [0.1, 0.15) is 0 Å². The van der Waals surface area contributed by atoms with Crippen LogP contribution < -0.4 is 10.6 Å². The zero-order chi connectivity index (χ0) is 11.5. The summed E-state index contributed by atoms with van der Waals surface area (Å²) < 4.78 is 0. The molecule has 0 fully saturated rings. The lowest BCUT2D eigenvalue weighted by Gasteiger charge is -2.14. The van der Waals surface area contributed by atoms with Crippen molar-refractivity contribution in [1.29, 1.82) is 0 Å². The maximum atomic E-state index is 11.6. The van der Waals surface area contributed by atoms with Gasteiger partial charge in [0.05, 0.1) is 18.9 Å². The van der Waals surface area contributed by atoms with Crippen molar-refractivity contribution in [3.8, 4) is 0 Å². The largest absolute Gasteiger partial charge is 0.331 e. The highest BCUT2D eigenvalue weighted by Crippen LogP contribution is 2.16. The quantitative estimate of drug-likeness (QED) is 0.770. The van der Waals surface area contributed by atoms with Gasteiger partial charge in [-0.15, -0.1) is 0 Å². The lowest BCUT2D eigenvalue weighted by atomic mass is 10.1. The normalized spacial score (nSPS) is 16.5. The molecule has 4 heteroatoms. The van der Waals surface area contributed by atoms with E-state index in [9.17, 15) is 4.79 Å². The second-order valence-corrected chi connectivity index (χ2v) is 3.91. The average molecular weight is 217 g/mol. The van der Waals surface area contributed by atoms with Gasteiger partial charge in [-0.1, -0.05) is 0 Å². The van der Waals surface area contributed by atoms with Crippen LogP contribution >= 0.6 is 0 Å². The molecule has 2 rings (SSSR count). The van der Waals surface area contributed by atoms with Crippen molar-refractivity contribution in [3.63, 3.8) is 0 Å². The highest BCUT2D eigenvalue weighted by molar-refractivity contribution is 6.00. The second-order valence-electron chi connectivity index (χ2n) is 3.91. The Morgan fingerprint density at radius 1 is 1.44 bits per heavy atom. The first kappa shape index (κ1) is 10.8. The summed E-state index contributed by atoms with van der Waals surface area (Å²) in [4.78, 5) is 17.8. The Kier molecular flexibility index (Phi) is 3.01. The van der Waals surface area contributed by atoms with E-state index in [1.54, 1.807) is 6.92 Å².